The molecule has 0 bridgehead atoms. The number of anilines is 2. The highest BCUT2D eigenvalue weighted by Gasteiger charge is 2.23. The van der Waals surface area contributed by atoms with E-state index in [2.05, 4.69) is 21.3 Å². The summed E-state index contributed by atoms with van der Waals surface area (Å²) in [7, 11) is 0. The van der Waals surface area contributed by atoms with E-state index < -0.39 is 0 Å². The summed E-state index contributed by atoms with van der Waals surface area (Å²) >= 11 is 0. The fourth-order valence-electron chi connectivity index (χ4n) is 2.96. The van der Waals surface area contributed by atoms with Gasteiger partial charge in [0, 0.05) is 17.9 Å². The van der Waals surface area contributed by atoms with Crippen LogP contribution in [0.5, 0.6) is 0 Å². The lowest BCUT2D eigenvalue weighted by molar-refractivity contribution is -0.125. The molecule has 6 nitrogen and oxygen atoms in total. The van der Waals surface area contributed by atoms with Crippen LogP contribution in [0.1, 0.15) is 24.9 Å². The molecule has 0 radical (unpaired) electrons. The number of amides is 3. The van der Waals surface area contributed by atoms with Crippen LogP contribution in [0.25, 0.3) is 0 Å². The molecule has 2 aromatic rings. The second kappa shape index (κ2) is 9.94. The van der Waals surface area contributed by atoms with Gasteiger partial charge >= 0.3 is 6.03 Å². The average Bonchev–Trinajstić information content (AvgIpc) is 3.18. The predicted octanol–water partition coefficient (Wildman–Crippen LogP) is 3.54. The molecular formula is C20H25ClN4O2. The lowest BCUT2D eigenvalue weighted by Gasteiger charge is -2.17. The second-order valence-corrected chi connectivity index (χ2v) is 6.49. The van der Waals surface area contributed by atoms with E-state index in [0.717, 1.165) is 30.8 Å². The molecule has 2 atom stereocenters. The van der Waals surface area contributed by atoms with Crippen molar-refractivity contribution in [3.05, 3.63) is 60.2 Å². The number of halogens is 1. The van der Waals surface area contributed by atoms with Crippen molar-refractivity contribution in [3.63, 3.8) is 0 Å². The topological polar surface area (TPSA) is 82.3 Å². The van der Waals surface area contributed by atoms with Crippen LogP contribution in [-0.2, 0) is 4.79 Å². The molecule has 0 spiro atoms. The van der Waals surface area contributed by atoms with Gasteiger partial charge in [-0.15, -0.1) is 12.4 Å². The number of benzene rings is 2. The van der Waals surface area contributed by atoms with E-state index in [1.165, 1.54) is 0 Å². The zero-order chi connectivity index (χ0) is 18.4. The summed E-state index contributed by atoms with van der Waals surface area (Å²) in [5, 5.41) is 11.8. The van der Waals surface area contributed by atoms with Gasteiger partial charge in [0.2, 0.25) is 5.91 Å². The van der Waals surface area contributed by atoms with Gasteiger partial charge in [-0.25, -0.2) is 4.79 Å². The van der Waals surface area contributed by atoms with E-state index in [9.17, 15) is 9.59 Å². The van der Waals surface area contributed by atoms with Gasteiger partial charge in [0.15, 0.2) is 0 Å². The predicted molar refractivity (Wildman–Crippen MR) is 110 cm³/mol. The summed E-state index contributed by atoms with van der Waals surface area (Å²) < 4.78 is 0. The molecule has 2 unspecified atom stereocenters. The van der Waals surface area contributed by atoms with Crippen LogP contribution < -0.4 is 21.3 Å². The Morgan fingerprint density at radius 3 is 2.22 bits per heavy atom. The van der Waals surface area contributed by atoms with Crippen molar-refractivity contribution in [2.24, 2.45) is 5.92 Å². The fraction of sp³-hybridized carbons (Fsp3) is 0.300. The van der Waals surface area contributed by atoms with Gasteiger partial charge in [-0.3, -0.25) is 4.79 Å². The smallest absolute Gasteiger partial charge is 0.323 e. The fourth-order valence-corrected chi connectivity index (χ4v) is 2.96. The van der Waals surface area contributed by atoms with Crippen LogP contribution in [-0.4, -0.2) is 25.0 Å². The molecule has 3 rings (SSSR count). The zero-order valence-electron chi connectivity index (χ0n) is 15.2. The van der Waals surface area contributed by atoms with Gasteiger partial charge < -0.3 is 21.3 Å². The Balaban J connectivity index is 0.00000261. The number of carbonyl (C=O) groups is 2. The summed E-state index contributed by atoms with van der Waals surface area (Å²) in [4.78, 5) is 24.2. The monoisotopic (exact) mass is 388 g/mol. The SMILES string of the molecule is CC(NC(=O)C1CCNC1)c1ccc(NC(=O)Nc2ccccc2)cc1.Cl. The first-order valence-electron chi connectivity index (χ1n) is 8.86. The molecule has 0 aliphatic carbocycles. The van der Waals surface area contributed by atoms with Crippen molar-refractivity contribution >= 4 is 35.7 Å². The van der Waals surface area contributed by atoms with Crippen molar-refractivity contribution < 1.29 is 9.59 Å². The number of nitrogens with one attached hydrogen (secondary N) is 4. The number of hydrogen-bond donors (Lipinski definition) is 4. The molecule has 2 aromatic carbocycles. The third-order valence-electron chi connectivity index (χ3n) is 4.49. The van der Waals surface area contributed by atoms with Crippen molar-refractivity contribution in [2.75, 3.05) is 23.7 Å². The molecule has 0 aromatic heterocycles. The minimum absolute atomic E-state index is 0. The Labute approximate surface area is 165 Å². The molecule has 1 aliphatic heterocycles. The van der Waals surface area contributed by atoms with E-state index in [1.54, 1.807) is 0 Å². The van der Waals surface area contributed by atoms with Gasteiger partial charge in [0.25, 0.3) is 0 Å². The van der Waals surface area contributed by atoms with Gasteiger partial charge in [0.1, 0.15) is 0 Å². The van der Waals surface area contributed by atoms with Crippen LogP contribution in [0, 0.1) is 5.92 Å². The number of urea groups is 1. The van der Waals surface area contributed by atoms with E-state index in [1.807, 2.05) is 61.5 Å². The third kappa shape index (κ3) is 5.98. The van der Waals surface area contributed by atoms with E-state index >= 15 is 0 Å². The molecule has 1 saturated heterocycles. The Hall–Kier alpha value is -2.57. The van der Waals surface area contributed by atoms with Crippen LogP contribution in [0.2, 0.25) is 0 Å². The van der Waals surface area contributed by atoms with E-state index in [4.69, 9.17) is 0 Å². The summed E-state index contributed by atoms with van der Waals surface area (Å²) in [5.41, 5.74) is 2.43. The van der Waals surface area contributed by atoms with Gasteiger partial charge in [-0.2, -0.15) is 0 Å². The van der Waals surface area contributed by atoms with Crippen molar-refractivity contribution in [1.82, 2.24) is 10.6 Å². The maximum atomic E-state index is 12.2. The molecular weight excluding hydrogens is 364 g/mol. The molecule has 27 heavy (non-hydrogen) atoms. The van der Waals surface area contributed by atoms with Crippen LogP contribution in [0.3, 0.4) is 0 Å². The second-order valence-electron chi connectivity index (χ2n) is 6.49. The highest BCUT2D eigenvalue weighted by atomic mass is 35.5. The lowest BCUT2D eigenvalue weighted by Crippen LogP contribution is -2.33. The van der Waals surface area contributed by atoms with Crippen LogP contribution >= 0.6 is 12.4 Å². The minimum atomic E-state index is -0.293. The lowest BCUT2D eigenvalue weighted by atomic mass is 10.0. The Morgan fingerprint density at radius 2 is 1.63 bits per heavy atom. The largest absolute Gasteiger partial charge is 0.349 e. The Morgan fingerprint density at radius 1 is 1.00 bits per heavy atom. The van der Waals surface area contributed by atoms with Gasteiger partial charge in [-0.1, -0.05) is 30.3 Å². The van der Waals surface area contributed by atoms with Crippen molar-refractivity contribution in [1.29, 1.82) is 0 Å². The van der Waals surface area contributed by atoms with Crippen molar-refractivity contribution in [3.8, 4) is 0 Å². The quantitative estimate of drug-likeness (QED) is 0.632. The minimum Gasteiger partial charge on any atom is -0.349 e. The number of rotatable bonds is 5. The van der Waals surface area contributed by atoms with Crippen LogP contribution in [0.4, 0.5) is 16.2 Å². The Bertz CT molecular complexity index is 746. The Kier molecular flexibility index (Phi) is 7.64. The molecule has 1 aliphatic rings. The van der Waals surface area contributed by atoms with Gasteiger partial charge in [0.05, 0.1) is 12.0 Å². The average molecular weight is 389 g/mol. The molecule has 1 heterocycles. The highest BCUT2D eigenvalue weighted by molar-refractivity contribution is 5.99. The van der Waals surface area contributed by atoms with Crippen molar-refractivity contribution in [2.45, 2.75) is 19.4 Å². The molecule has 3 amide bonds. The number of carbonyl (C=O) groups excluding carboxylic acids is 2. The summed E-state index contributed by atoms with van der Waals surface area (Å²) in [6, 6.07) is 16.4. The highest BCUT2D eigenvalue weighted by Crippen LogP contribution is 2.18. The van der Waals surface area contributed by atoms with E-state index in [-0.39, 0.29) is 36.3 Å². The molecule has 0 saturated carbocycles. The summed E-state index contributed by atoms with van der Waals surface area (Å²) in [6.07, 6.45) is 0.887. The molecule has 1 fully saturated rings. The van der Waals surface area contributed by atoms with E-state index in [0.29, 0.717) is 5.69 Å². The van der Waals surface area contributed by atoms with Crippen LogP contribution in [0.15, 0.2) is 54.6 Å². The molecule has 144 valence electrons. The number of para-hydroxylation sites is 1. The first-order chi connectivity index (χ1) is 12.6. The molecule has 4 N–H and O–H groups in total. The first kappa shape index (κ1) is 20.7. The summed E-state index contributed by atoms with van der Waals surface area (Å²) in [5.74, 6) is 0.145. The number of hydrogen-bond acceptors (Lipinski definition) is 3. The first-order valence-corrected chi connectivity index (χ1v) is 8.86. The normalized spacial score (nSPS) is 16.7. The third-order valence-corrected chi connectivity index (χ3v) is 4.49. The standard InChI is InChI=1S/C20H24N4O2.ClH/c1-14(22-19(25)16-11-12-21-13-16)15-7-9-18(10-8-15)24-20(26)23-17-5-3-2-4-6-17;/h2-10,14,16,21H,11-13H2,1H3,(H,22,25)(H2,23,24,26);1H. The van der Waals surface area contributed by atoms with Gasteiger partial charge in [-0.05, 0) is 49.7 Å². The summed E-state index contributed by atoms with van der Waals surface area (Å²) in [6.45, 7) is 3.61. The molecule has 7 heteroatoms. The zero-order valence-corrected chi connectivity index (χ0v) is 16.0. The maximum absolute atomic E-state index is 12.2. The maximum Gasteiger partial charge on any atom is 0.323 e.